The lowest BCUT2D eigenvalue weighted by molar-refractivity contribution is -0.134. The lowest BCUT2D eigenvalue weighted by atomic mass is 10.1. The second-order valence-corrected chi connectivity index (χ2v) is 9.78. The van der Waals surface area contributed by atoms with Crippen molar-refractivity contribution in [3.8, 4) is 5.75 Å². The number of nitrogens with one attached hydrogen (secondary N) is 1. The number of morpholine rings is 1. The van der Waals surface area contributed by atoms with Crippen LogP contribution in [-0.2, 0) is 32.4 Å². The van der Waals surface area contributed by atoms with Gasteiger partial charge < -0.3 is 19.9 Å². The predicted octanol–water partition coefficient (Wildman–Crippen LogP) is 2.79. The van der Waals surface area contributed by atoms with Crippen LogP contribution in [0, 0.1) is 0 Å². The van der Waals surface area contributed by atoms with Gasteiger partial charge in [-0.15, -0.1) is 0 Å². The van der Waals surface area contributed by atoms with E-state index in [9.17, 15) is 8.42 Å². The summed E-state index contributed by atoms with van der Waals surface area (Å²) in [5.74, 6) is -0.283. The molecule has 2 heterocycles. The van der Waals surface area contributed by atoms with Gasteiger partial charge in [0.2, 0.25) is 10.0 Å². The topological polar surface area (TPSA) is 118 Å². The fourth-order valence-electron chi connectivity index (χ4n) is 3.89. The second kappa shape index (κ2) is 11.5. The number of sulfonamides is 1. The minimum absolute atomic E-state index is 0.240. The minimum atomic E-state index is -3.57. The molecule has 10 heteroatoms. The first-order chi connectivity index (χ1) is 16.3. The fraction of sp³-hybridized carbons (Fsp3) is 0.417. The molecule has 0 atom stereocenters. The van der Waals surface area contributed by atoms with Crippen LogP contribution in [0.25, 0.3) is 6.08 Å². The van der Waals surface area contributed by atoms with Gasteiger partial charge in [-0.1, -0.05) is 18.2 Å². The zero-order chi connectivity index (χ0) is 24.7. The molecule has 4 rings (SSSR count). The standard InChI is InChI=1S/C22H27N3O4S.C2H4O2/c1-3-23-21-14-17(24-20-6-4-5-19(20)21)13-16-7-8-18(15-22(16)28-2)30(26,27)25-9-11-29-12-10-25;1-2(3)4/h4-5,7-8,14-15H,3,6,9-13H2,1-2H3,(H,23,24);1H3,(H,3,4). The third-order valence-electron chi connectivity index (χ3n) is 5.39. The number of ether oxygens (including phenoxy) is 2. The largest absolute Gasteiger partial charge is 0.496 e. The Bertz CT molecular complexity index is 1150. The van der Waals surface area contributed by atoms with Crippen molar-refractivity contribution in [2.75, 3.05) is 45.3 Å². The van der Waals surface area contributed by atoms with Crippen molar-refractivity contribution in [2.45, 2.75) is 31.6 Å². The molecule has 0 spiro atoms. The molecule has 1 saturated heterocycles. The number of hydrogen-bond donors (Lipinski definition) is 2. The monoisotopic (exact) mass is 489 g/mol. The summed E-state index contributed by atoms with van der Waals surface area (Å²) < 4.78 is 38.2. The first-order valence-corrected chi connectivity index (χ1v) is 12.6. The number of rotatable bonds is 7. The Balaban J connectivity index is 0.000000751. The van der Waals surface area contributed by atoms with Crippen LogP contribution in [-0.4, -0.2) is 68.7 Å². The van der Waals surface area contributed by atoms with Gasteiger partial charge in [-0.05, 0) is 19.1 Å². The third-order valence-corrected chi connectivity index (χ3v) is 7.29. The number of aliphatic carboxylic acids is 1. The van der Waals surface area contributed by atoms with E-state index in [1.807, 2.05) is 6.07 Å². The van der Waals surface area contributed by atoms with E-state index in [4.69, 9.17) is 24.4 Å². The van der Waals surface area contributed by atoms with Gasteiger partial charge >= 0.3 is 0 Å². The van der Waals surface area contributed by atoms with Crippen molar-refractivity contribution in [1.82, 2.24) is 9.29 Å². The number of carbonyl (C=O) groups is 1. The van der Waals surface area contributed by atoms with Crippen LogP contribution < -0.4 is 10.1 Å². The van der Waals surface area contributed by atoms with Gasteiger partial charge in [-0.2, -0.15) is 4.31 Å². The van der Waals surface area contributed by atoms with Crippen molar-refractivity contribution in [3.63, 3.8) is 0 Å². The maximum Gasteiger partial charge on any atom is 0.300 e. The summed E-state index contributed by atoms with van der Waals surface area (Å²) >= 11 is 0. The summed E-state index contributed by atoms with van der Waals surface area (Å²) in [6.45, 7) is 5.56. The first kappa shape index (κ1) is 25.7. The van der Waals surface area contributed by atoms with Crippen molar-refractivity contribution in [1.29, 1.82) is 0 Å². The van der Waals surface area contributed by atoms with Crippen LogP contribution in [0.1, 0.15) is 36.4 Å². The number of aromatic nitrogens is 1. The Morgan fingerprint density at radius 3 is 2.62 bits per heavy atom. The molecule has 2 aromatic rings. The average molecular weight is 490 g/mol. The Kier molecular flexibility index (Phi) is 8.65. The van der Waals surface area contributed by atoms with E-state index in [1.165, 1.54) is 4.31 Å². The Hall–Kier alpha value is -2.95. The smallest absolute Gasteiger partial charge is 0.300 e. The highest BCUT2D eigenvalue weighted by molar-refractivity contribution is 7.89. The number of allylic oxidation sites excluding steroid dienone is 1. The Morgan fingerprint density at radius 2 is 1.97 bits per heavy atom. The van der Waals surface area contributed by atoms with Gasteiger partial charge in [0.25, 0.3) is 5.97 Å². The number of pyridine rings is 1. The molecule has 2 N–H and O–H groups in total. The highest BCUT2D eigenvalue weighted by Crippen LogP contribution is 2.30. The van der Waals surface area contributed by atoms with Crippen molar-refractivity contribution < 1.29 is 27.8 Å². The van der Waals surface area contributed by atoms with Crippen LogP contribution in [0.4, 0.5) is 5.69 Å². The molecule has 1 aliphatic heterocycles. The molecule has 0 amide bonds. The first-order valence-electron chi connectivity index (χ1n) is 11.1. The zero-order valence-electron chi connectivity index (χ0n) is 19.7. The van der Waals surface area contributed by atoms with Gasteiger partial charge in [0, 0.05) is 68.0 Å². The van der Waals surface area contributed by atoms with Gasteiger partial charge in [-0.3, -0.25) is 9.78 Å². The molecular formula is C24H31N3O6S. The van der Waals surface area contributed by atoms with E-state index >= 15 is 0 Å². The number of fused-ring (bicyclic) bond motifs is 1. The molecule has 184 valence electrons. The highest BCUT2D eigenvalue weighted by atomic mass is 32.2. The van der Waals surface area contributed by atoms with Crippen molar-refractivity contribution in [3.05, 3.63) is 52.9 Å². The summed E-state index contributed by atoms with van der Waals surface area (Å²) in [5, 5.41) is 10.8. The lowest BCUT2D eigenvalue weighted by Gasteiger charge is -2.26. The number of carboxylic acids is 1. The van der Waals surface area contributed by atoms with Crippen LogP contribution >= 0.6 is 0 Å². The lowest BCUT2D eigenvalue weighted by Crippen LogP contribution is -2.40. The fourth-order valence-corrected chi connectivity index (χ4v) is 5.31. The summed E-state index contributed by atoms with van der Waals surface area (Å²) in [6.07, 6.45) is 5.62. The number of carboxylic acid groups (broad SMARTS) is 1. The number of benzene rings is 1. The molecule has 1 aromatic carbocycles. The van der Waals surface area contributed by atoms with Crippen LogP contribution in [0.3, 0.4) is 0 Å². The molecule has 9 nitrogen and oxygen atoms in total. The number of nitrogens with zero attached hydrogens (tertiary/aromatic N) is 2. The molecular weight excluding hydrogens is 458 g/mol. The highest BCUT2D eigenvalue weighted by Gasteiger charge is 2.27. The van der Waals surface area contributed by atoms with Crippen LogP contribution in [0.5, 0.6) is 5.75 Å². The minimum Gasteiger partial charge on any atom is -0.496 e. The maximum atomic E-state index is 13.0. The summed E-state index contributed by atoms with van der Waals surface area (Å²) in [4.78, 5) is 14.1. The Labute approximate surface area is 200 Å². The summed E-state index contributed by atoms with van der Waals surface area (Å²) in [6, 6.07) is 7.16. The van der Waals surface area contributed by atoms with Gasteiger partial charge in [-0.25, -0.2) is 8.42 Å². The maximum absolute atomic E-state index is 13.0. The molecule has 0 unspecified atom stereocenters. The molecule has 1 fully saturated rings. The molecule has 34 heavy (non-hydrogen) atoms. The average Bonchev–Trinajstić information content (AvgIpc) is 3.28. The van der Waals surface area contributed by atoms with Crippen LogP contribution in [0.15, 0.2) is 35.2 Å². The summed E-state index contributed by atoms with van der Waals surface area (Å²) in [5.41, 5.74) is 5.12. The van der Waals surface area contributed by atoms with Crippen LogP contribution in [0.2, 0.25) is 0 Å². The quantitative estimate of drug-likeness (QED) is 0.610. The van der Waals surface area contributed by atoms with E-state index in [0.717, 1.165) is 48.1 Å². The molecule has 0 bridgehead atoms. The van der Waals surface area contributed by atoms with E-state index in [0.29, 0.717) is 38.5 Å². The van der Waals surface area contributed by atoms with E-state index in [-0.39, 0.29) is 4.90 Å². The number of hydrogen-bond acceptors (Lipinski definition) is 7. The van der Waals surface area contributed by atoms with Gasteiger partial charge in [0.15, 0.2) is 0 Å². The number of methoxy groups -OCH3 is 1. The third kappa shape index (κ3) is 6.13. The summed E-state index contributed by atoms with van der Waals surface area (Å²) in [7, 11) is -2.00. The molecule has 1 aliphatic carbocycles. The zero-order valence-corrected chi connectivity index (χ0v) is 20.5. The molecule has 0 saturated carbocycles. The molecule has 2 aliphatic rings. The number of anilines is 1. The van der Waals surface area contributed by atoms with Crippen molar-refractivity contribution >= 4 is 27.8 Å². The molecule has 1 aromatic heterocycles. The second-order valence-electron chi connectivity index (χ2n) is 7.84. The Morgan fingerprint density at radius 1 is 1.26 bits per heavy atom. The van der Waals surface area contributed by atoms with Gasteiger partial charge in [0.1, 0.15) is 5.75 Å². The van der Waals surface area contributed by atoms with E-state index in [1.54, 1.807) is 19.2 Å². The van der Waals surface area contributed by atoms with Crippen molar-refractivity contribution in [2.24, 2.45) is 0 Å². The SMILES string of the molecule is CC(=O)O.CCNc1cc(Cc2ccc(S(=O)(=O)N3CCOCC3)cc2OC)nc2c1C=CC2. The molecule has 0 radical (unpaired) electrons. The van der Waals surface area contributed by atoms with Gasteiger partial charge in [0.05, 0.1) is 30.9 Å². The van der Waals surface area contributed by atoms with E-state index in [2.05, 4.69) is 30.5 Å². The predicted molar refractivity (Wildman–Crippen MR) is 130 cm³/mol. The normalized spacial score (nSPS) is 15.3. The van der Waals surface area contributed by atoms with E-state index < -0.39 is 16.0 Å².